The summed E-state index contributed by atoms with van der Waals surface area (Å²) < 4.78 is 18.6. The Balaban J connectivity index is 1.57. The van der Waals surface area contributed by atoms with Crippen LogP contribution in [0.4, 0.5) is 4.39 Å². The van der Waals surface area contributed by atoms with Crippen molar-refractivity contribution in [2.75, 3.05) is 0 Å². The summed E-state index contributed by atoms with van der Waals surface area (Å²) in [5, 5.41) is 4.96. The zero-order valence-electron chi connectivity index (χ0n) is 17.2. The minimum Gasteiger partial charge on any atom is -0.489 e. The van der Waals surface area contributed by atoms with Crippen LogP contribution >= 0.6 is 11.3 Å². The third-order valence-corrected chi connectivity index (χ3v) is 5.70. The van der Waals surface area contributed by atoms with Crippen LogP contribution < -0.4 is 10.1 Å². The Morgan fingerprint density at radius 3 is 2.38 bits per heavy atom. The minimum atomic E-state index is -0.297. The van der Waals surface area contributed by atoms with Gasteiger partial charge in [0, 0.05) is 5.56 Å². The van der Waals surface area contributed by atoms with E-state index in [9.17, 15) is 9.18 Å². The van der Waals surface area contributed by atoms with Crippen LogP contribution in [0.2, 0.25) is 0 Å². The highest BCUT2D eigenvalue weighted by Crippen LogP contribution is 2.24. The number of carbonyl (C=O) groups is 1. The highest BCUT2D eigenvalue weighted by atomic mass is 32.1. The number of rotatable bonds is 6. The van der Waals surface area contributed by atoms with Gasteiger partial charge in [-0.25, -0.2) is 4.39 Å². The van der Waals surface area contributed by atoms with Crippen LogP contribution in [-0.2, 0) is 12.0 Å². The largest absolute Gasteiger partial charge is 0.489 e. The molecule has 29 heavy (non-hydrogen) atoms. The molecule has 1 aromatic heterocycles. The zero-order chi connectivity index (χ0) is 21.0. The van der Waals surface area contributed by atoms with Crippen molar-refractivity contribution in [2.45, 2.75) is 45.8 Å². The first-order chi connectivity index (χ1) is 13.7. The first-order valence-corrected chi connectivity index (χ1v) is 10.5. The lowest BCUT2D eigenvalue weighted by Crippen LogP contribution is -2.26. The molecule has 0 spiro atoms. The molecule has 3 nitrogen and oxygen atoms in total. The normalized spacial score (nSPS) is 12.4. The molecule has 1 amide bonds. The van der Waals surface area contributed by atoms with E-state index in [0.717, 1.165) is 11.1 Å². The summed E-state index contributed by atoms with van der Waals surface area (Å²) in [6, 6.07) is 16.0. The van der Waals surface area contributed by atoms with Gasteiger partial charge in [0.1, 0.15) is 18.2 Å². The lowest BCUT2D eigenvalue weighted by molar-refractivity contribution is 0.0944. The number of benzene rings is 2. The Hall–Kier alpha value is -2.66. The molecule has 0 bridgehead atoms. The number of nitrogens with one attached hydrogen (secondary N) is 1. The van der Waals surface area contributed by atoms with E-state index < -0.39 is 0 Å². The molecule has 1 atom stereocenters. The predicted molar refractivity (Wildman–Crippen MR) is 116 cm³/mol. The molecule has 152 valence electrons. The molecule has 0 aliphatic carbocycles. The second kappa shape index (κ2) is 8.78. The summed E-state index contributed by atoms with van der Waals surface area (Å²) in [6.07, 6.45) is 0. The van der Waals surface area contributed by atoms with Gasteiger partial charge in [0.2, 0.25) is 0 Å². The summed E-state index contributed by atoms with van der Waals surface area (Å²) in [5.74, 6) is 0.195. The predicted octanol–water partition coefficient (Wildman–Crippen LogP) is 6.25. The lowest BCUT2D eigenvalue weighted by Gasteiger charge is -2.20. The lowest BCUT2D eigenvalue weighted by atomic mass is 9.86. The molecule has 3 rings (SSSR count). The van der Waals surface area contributed by atoms with Crippen molar-refractivity contribution in [1.82, 2.24) is 5.32 Å². The molecule has 1 heterocycles. The summed E-state index contributed by atoms with van der Waals surface area (Å²) in [6.45, 7) is 8.86. The third kappa shape index (κ3) is 5.67. The zero-order valence-corrected chi connectivity index (χ0v) is 18.0. The summed E-state index contributed by atoms with van der Waals surface area (Å²) >= 11 is 1.39. The standard InChI is InChI=1S/C24H26FNO2S/c1-16(18-5-7-19(8-6-18)24(2,3)4)26-23(27)22-13-17(15-29-22)14-28-21-11-9-20(25)10-12-21/h5-13,15-16H,14H2,1-4H3,(H,26,27). The fourth-order valence-corrected chi connectivity index (χ4v) is 3.69. The van der Waals surface area contributed by atoms with Crippen LogP contribution in [-0.4, -0.2) is 5.91 Å². The van der Waals surface area contributed by atoms with Gasteiger partial charge in [-0.2, -0.15) is 0 Å². The summed E-state index contributed by atoms with van der Waals surface area (Å²) in [4.78, 5) is 13.2. The maximum atomic E-state index is 12.9. The van der Waals surface area contributed by atoms with E-state index in [4.69, 9.17) is 4.74 Å². The Labute approximate surface area is 175 Å². The Bertz CT molecular complexity index is 956. The van der Waals surface area contributed by atoms with E-state index in [1.54, 1.807) is 12.1 Å². The van der Waals surface area contributed by atoms with Crippen molar-refractivity contribution < 1.29 is 13.9 Å². The van der Waals surface area contributed by atoms with Gasteiger partial charge in [0.15, 0.2) is 0 Å². The van der Waals surface area contributed by atoms with Gasteiger partial charge >= 0.3 is 0 Å². The average molecular weight is 412 g/mol. The van der Waals surface area contributed by atoms with Crippen molar-refractivity contribution in [3.05, 3.63) is 87.4 Å². The number of ether oxygens (including phenoxy) is 1. The number of hydrogen-bond donors (Lipinski definition) is 1. The first-order valence-electron chi connectivity index (χ1n) is 9.59. The number of amides is 1. The van der Waals surface area contributed by atoms with Gasteiger partial charge in [0.05, 0.1) is 10.9 Å². The molecule has 1 N–H and O–H groups in total. The number of carbonyl (C=O) groups excluding carboxylic acids is 1. The summed E-state index contributed by atoms with van der Waals surface area (Å²) in [7, 11) is 0. The Kier molecular flexibility index (Phi) is 6.38. The fourth-order valence-electron chi connectivity index (χ4n) is 2.89. The molecule has 1 unspecified atom stereocenters. The molecule has 0 radical (unpaired) electrons. The van der Waals surface area contributed by atoms with Crippen molar-refractivity contribution in [2.24, 2.45) is 0 Å². The van der Waals surface area contributed by atoms with Crippen LogP contribution in [0.1, 0.15) is 60.1 Å². The SMILES string of the molecule is CC(NC(=O)c1cc(COc2ccc(F)cc2)cs1)c1ccc(C(C)(C)C)cc1. The van der Waals surface area contributed by atoms with Crippen LogP contribution in [0.5, 0.6) is 5.75 Å². The highest BCUT2D eigenvalue weighted by Gasteiger charge is 2.16. The van der Waals surface area contributed by atoms with Gasteiger partial charge < -0.3 is 10.1 Å². The van der Waals surface area contributed by atoms with Gasteiger partial charge in [-0.3, -0.25) is 4.79 Å². The topological polar surface area (TPSA) is 38.3 Å². The maximum absolute atomic E-state index is 12.9. The van der Waals surface area contributed by atoms with Crippen molar-refractivity contribution in [3.8, 4) is 5.75 Å². The molecule has 0 aliphatic rings. The van der Waals surface area contributed by atoms with E-state index >= 15 is 0 Å². The number of hydrogen-bond acceptors (Lipinski definition) is 3. The first kappa shape index (κ1) is 21.1. The van der Waals surface area contributed by atoms with Crippen molar-refractivity contribution >= 4 is 17.2 Å². The van der Waals surface area contributed by atoms with Gasteiger partial charge in [0.25, 0.3) is 5.91 Å². The second-order valence-electron chi connectivity index (χ2n) is 8.13. The van der Waals surface area contributed by atoms with E-state index in [1.165, 1.54) is 29.0 Å². The molecule has 0 fully saturated rings. The molecule has 5 heteroatoms. The Morgan fingerprint density at radius 2 is 1.76 bits per heavy atom. The smallest absolute Gasteiger partial charge is 0.261 e. The molecule has 0 aliphatic heterocycles. The van der Waals surface area contributed by atoms with E-state index in [2.05, 4.69) is 50.4 Å². The van der Waals surface area contributed by atoms with E-state index in [0.29, 0.717) is 17.2 Å². The molecular weight excluding hydrogens is 385 g/mol. The Morgan fingerprint density at radius 1 is 1.10 bits per heavy atom. The molecule has 0 saturated heterocycles. The summed E-state index contributed by atoms with van der Waals surface area (Å²) in [5.41, 5.74) is 3.35. The number of thiophene rings is 1. The van der Waals surface area contributed by atoms with Crippen molar-refractivity contribution in [1.29, 1.82) is 0 Å². The monoisotopic (exact) mass is 411 g/mol. The number of halogens is 1. The highest BCUT2D eigenvalue weighted by molar-refractivity contribution is 7.12. The van der Waals surface area contributed by atoms with Crippen LogP contribution in [0, 0.1) is 5.82 Å². The quantitative estimate of drug-likeness (QED) is 0.520. The fraction of sp³-hybridized carbons (Fsp3) is 0.292. The van der Waals surface area contributed by atoms with Crippen LogP contribution in [0.15, 0.2) is 60.0 Å². The van der Waals surface area contributed by atoms with E-state index in [1.807, 2.05) is 18.4 Å². The van der Waals surface area contributed by atoms with Crippen molar-refractivity contribution in [3.63, 3.8) is 0 Å². The average Bonchev–Trinajstić information content (AvgIpc) is 3.16. The molecular formula is C24H26FNO2S. The maximum Gasteiger partial charge on any atom is 0.261 e. The van der Waals surface area contributed by atoms with E-state index in [-0.39, 0.29) is 23.2 Å². The second-order valence-corrected chi connectivity index (χ2v) is 9.04. The van der Waals surface area contributed by atoms with Crippen LogP contribution in [0.3, 0.4) is 0 Å². The minimum absolute atomic E-state index is 0.0856. The molecule has 0 saturated carbocycles. The van der Waals surface area contributed by atoms with Gasteiger partial charge in [-0.05, 0) is 59.2 Å². The van der Waals surface area contributed by atoms with Gasteiger partial charge in [-0.15, -0.1) is 11.3 Å². The third-order valence-electron chi connectivity index (χ3n) is 4.72. The molecule has 2 aromatic carbocycles. The van der Waals surface area contributed by atoms with Gasteiger partial charge in [-0.1, -0.05) is 45.0 Å². The molecule has 3 aromatic rings. The van der Waals surface area contributed by atoms with Crippen LogP contribution in [0.25, 0.3) is 0 Å².